The SMILES string of the molecule is CCN(CC1CCC(C)(C)C1N)C(C)COC. The van der Waals surface area contributed by atoms with Gasteiger partial charge in [0.05, 0.1) is 6.61 Å². The van der Waals surface area contributed by atoms with Crippen molar-refractivity contribution in [1.82, 2.24) is 4.90 Å². The van der Waals surface area contributed by atoms with Crippen molar-refractivity contribution in [3.63, 3.8) is 0 Å². The Morgan fingerprint density at radius 1 is 1.47 bits per heavy atom. The zero-order chi connectivity index (χ0) is 13.1. The molecule has 17 heavy (non-hydrogen) atoms. The van der Waals surface area contributed by atoms with Crippen LogP contribution in [0.15, 0.2) is 0 Å². The van der Waals surface area contributed by atoms with Gasteiger partial charge in [0.2, 0.25) is 0 Å². The summed E-state index contributed by atoms with van der Waals surface area (Å²) in [4.78, 5) is 2.50. The van der Waals surface area contributed by atoms with Crippen LogP contribution in [0.25, 0.3) is 0 Å². The van der Waals surface area contributed by atoms with Gasteiger partial charge in [0.25, 0.3) is 0 Å². The molecule has 1 rings (SSSR count). The summed E-state index contributed by atoms with van der Waals surface area (Å²) in [5.74, 6) is 0.643. The molecule has 3 nitrogen and oxygen atoms in total. The van der Waals surface area contributed by atoms with E-state index in [4.69, 9.17) is 10.5 Å². The Labute approximate surface area is 107 Å². The first-order valence-corrected chi connectivity index (χ1v) is 6.91. The van der Waals surface area contributed by atoms with Gasteiger partial charge >= 0.3 is 0 Å². The first-order valence-electron chi connectivity index (χ1n) is 6.91. The summed E-state index contributed by atoms with van der Waals surface area (Å²) in [6.45, 7) is 12.1. The summed E-state index contributed by atoms with van der Waals surface area (Å²) >= 11 is 0. The highest BCUT2D eigenvalue weighted by Gasteiger charge is 2.40. The van der Waals surface area contributed by atoms with Crippen LogP contribution in [0, 0.1) is 11.3 Å². The van der Waals surface area contributed by atoms with Crippen molar-refractivity contribution in [1.29, 1.82) is 0 Å². The molecule has 0 aliphatic heterocycles. The lowest BCUT2D eigenvalue weighted by Gasteiger charge is -2.33. The van der Waals surface area contributed by atoms with Crippen molar-refractivity contribution in [2.24, 2.45) is 17.1 Å². The van der Waals surface area contributed by atoms with Gasteiger partial charge in [0.1, 0.15) is 0 Å². The number of hydrogen-bond acceptors (Lipinski definition) is 3. The molecule has 1 aliphatic carbocycles. The van der Waals surface area contributed by atoms with E-state index in [1.54, 1.807) is 7.11 Å². The molecule has 0 aromatic heterocycles. The smallest absolute Gasteiger partial charge is 0.0615 e. The number of methoxy groups -OCH3 is 1. The van der Waals surface area contributed by atoms with E-state index in [0.29, 0.717) is 23.4 Å². The first kappa shape index (κ1) is 14.9. The third kappa shape index (κ3) is 3.67. The van der Waals surface area contributed by atoms with E-state index in [-0.39, 0.29) is 0 Å². The van der Waals surface area contributed by atoms with E-state index in [0.717, 1.165) is 19.7 Å². The fourth-order valence-corrected chi connectivity index (χ4v) is 3.02. The van der Waals surface area contributed by atoms with Gasteiger partial charge in [-0.05, 0) is 37.6 Å². The Morgan fingerprint density at radius 2 is 2.12 bits per heavy atom. The first-order chi connectivity index (χ1) is 7.92. The second kappa shape index (κ2) is 6.17. The van der Waals surface area contributed by atoms with Crippen LogP contribution >= 0.6 is 0 Å². The van der Waals surface area contributed by atoms with E-state index in [1.165, 1.54) is 12.8 Å². The van der Waals surface area contributed by atoms with Crippen molar-refractivity contribution < 1.29 is 4.74 Å². The van der Waals surface area contributed by atoms with Gasteiger partial charge in [0.15, 0.2) is 0 Å². The topological polar surface area (TPSA) is 38.5 Å². The molecule has 0 spiro atoms. The molecule has 1 saturated carbocycles. The molecule has 3 heteroatoms. The molecule has 0 radical (unpaired) electrons. The number of nitrogens with two attached hydrogens (primary N) is 1. The quantitative estimate of drug-likeness (QED) is 0.775. The predicted molar refractivity (Wildman–Crippen MR) is 73.1 cm³/mol. The largest absolute Gasteiger partial charge is 0.383 e. The molecule has 3 atom stereocenters. The molecule has 1 fully saturated rings. The van der Waals surface area contributed by atoms with Gasteiger partial charge < -0.3 is 10.5 Å². The summed E-state index contributed by atoms with van der Waals surface area (Å²) < 4.78 is 5.25. The fourth-order valence-electron chi connectivity index (χ4n) is 3.02. The van der Waals surface area contributed by atoms with Crippen LogP contribution < -0.4 is 5.73 Å². The number of nitrogens with zero attached hydrogens (tertiary/aromatic N) is 1. The number of likely N-dealkylation sites (N-methyl/N-ethyl adjacent to an activating group) is 1. The highest BCUT2D eigenvalue weighted by molar-refractivity contribution is 4.95. The average Bonchev–Trinajstić information content (AvgIpc) is 2.52. The molecule has 0 amide bonds. The molecular weight excluding hydrogens is 212 g/mol. The maximum Gasteiger partial charge on any atom is 0.0615 e. The van der Waals surface area contributed by atoms with Gasteiger partial charge in [-0.15, -0.1) is 0 Å². The summed E-state index contributed by atoms with van der Waals surface area (Å²) in [5.41, 5.74) is 6.69. The second-order valence-corrected chi connectivity index (χ2v) is 6.21. The fraction of sp³-hybridized carbons (Fsp3) is 1.00. The Hall–Kier alpha value is -0.120. The summed E-state index contributed by atoms with van der Waals surface area (Å²) in [5, 5.41) is 0. The van der Waals surface area contributed by atoms with E-state index in [9.17, 15) is 0 Å². The predicted octanol–water partition coefficient (Wildman–Crippen LogP) is 2.11. The number of rotatable bonds is 6. The molecule has 3 unspecified atom stereocenters. The summed E-state index contributed by atoms with van der Waals surface area (Å²) in [6, 6.07) is 0.826. The van der Waals surface area contributed by atoms with Crippen molar-refractivity contribution >= 4 is 0 Å². The van der Waals surface area contributed by atoms with Gasteiger partial charge in [-0.25, -0.2) is 0 Å². The standard InChI is InChI=1S/C14H30N2O/c1-6-16(11(2)10-17-5)9-12-7-8-14(3,4)13(12)15/h11-13H,6-10,15H2,1-5H3. The Morgan fingerprint density at radius 3 is 2.53 bits per heavy atom. The zero-order valence-electron chi connectivity index (χ0n) is 12.2. The molecule has 2 N–H and O–H groups in total. The molecule has 0 aromatic carbocycles. The van der Waals surface area contributed by atoms with Gasteiger partial charge in [-0.1, -0.05) is 20.8 Å². The van der Waals surface area contributed by atoms with Crippen LogP contribution in [0.5, 0.6) is 0 Å². The minimum atomic E-state index is 0.314. The lowest BCUT2D eigenvalue weighted by Crippen LogP contribution is -2.45. The number of hydrogen-bond donors (Lipinski definition) is 1. The van der Waals surface area contributed by atoms with Crippen LogP contribution in [-0.4, -0.2) is 43.8 Å². The van der Waals surface area contributed by atoms with E-state index >= 15 is 0 Å². The Kier molecular flexibility index (Phi) is 5.42. The van der Waals surface area contributed by atoms with Crippen molar-refractivity contribution in [2.75, 3.05) is 26.8 Å². The summed E-state index contributed by atoms with van der Waals surface area (Å²) in [6.07, 6.45) is 2.53. The van der Waals surface area contributed by atoms with Crippen molar-refractivity contribution in [2.45, 2.75) is 52.6 Å². The van der Waals surface area contributed by atoms with E-state index in [1.807, 2.05) is 0 Å². The van der Waals surface area contributed by atoms with Crippen LogP contribution in [0.4, 0.5) is 0 Å². The van der Waals surface area contributed by atoms with Crippen LogP contribution in [0.1, 0.15) is 40.5 Å². The second-order valence-electron chi connectivity index (χ2n) is 6.21. The third-order valence-corrected chi connectivity index (χ3v) is 4.48. The average molecular weight is 242 g/mol. The van der Waals surface area contributed by atoms with Crippen LogP contribution in [-0.2, 0) is 4.74 Å². The molecule has 0 aromatic rings. The van der Waals surface area contributed by atoms with E-state index < -0.39 is 0 Å². The van der Waals surface area contributed by atoms with Crippen LogP contribution in [0.3, 0.4) is 0 Å². The molecule has 1 aliphatic rings. The maximum absolute atomic E-state index is 6.38. The minimum absolute atomic E-state index is 0.314. The summed E-state index contributed by atoms with van der Waals surface area (Å²) in [7, 11) is 1.77. The molecular formula is C14H30N2O. The Balaban J connectivity index is 2.52. The minimum Gasteiger partial charge on any atom is -0.383 e. The zero-order valence-corrected chi connectivity index (χ0v) is 12.2. The van der Waals surface area contributed by atoms with Crippen molar-refractivity contribution in [3.8, 4) is 0 Å². The molecule has 0 bridgehead atoms. The molecule has 0 saturated heterocycles. The Bertz CT molecular complexity index is 230. The van der Waals surface area contributed by atoms with Crippen LogP contribution in [0.2, 0.25) is 0 Å². The lowest BCUT2D eigenvalue weighted by molar-refractivity contribution is 0.0879. The van der Waals surface area contributed by atoms with E-state index in [2.05, 4.69) is 32.6 Å². The highest BCUT2D eigenvalue weighted by atomic mass is 16.5. The van der Waals surface area contributed by atoms with Gasteiger partial charge in [-0.2, -0.15) is 0 Å². The van der Waals surface area contributed by atoms with Crippen molar-refractivity contribution in [3.05, 3.63) is 0 Å². The van der Waals surface area contributed by atoms with Gasteiger partial charge in [-0.3, -0.25) is 4.90 Å². The highest BCUT2D eigenvalue weighted by Crippen LogP contribution is 2.40. The maximum atomic E-state index is 6.38. The monoisotopic (exact) mass is 242 g/mol. The number of ether oxygens (including phenoxy) is 1. The third-order valence-electron chi connectivity index (χ3n) is 4.48. The normalized spacial score (nSPS) is 29.8. The lowest BCUT2D eigenvalue weighted by atomic mass is 9.85. The molecule has 0 heterocycles. The molecule has 102 valence electrons. The van der Waals surface area contributed by atoms with Gasteiger partial charge in [0, 0.05) is 25.7 Å².